The molecule has 1 atom stereocenters. The van der Waals surface area contributed by atoms with Gasteiger partial charge in [-0.2, -0.15) is 0 Å². The molecule has 0 bridgehead atoms. The minimum Gasteiger partial charge on any atom is -0.383 e. The first-order chi connectivity index (χ1) is 11.2. The second-order valence-corrected chi connectivity index (χ2v) is 6.32. The first-order valence-corrected chi connectivity index (χ1v) is 9.07. The minimum atomic E-state index is 0. The first-order valence-electron chi connectivity index (χ1n) is 9.07. The van der Waals surface area contributed by atoms with Crippen LogP contribution in [0.25, 0.3) is 0 Å². The number of rotatable bonds is 10. The van der Waals surface area contributed by atoms with Crippen LogP contribution in [0.2, 0.25) is 0 Å². The van der Waals surface area contributed by atoms with Gasteiger partial charge in [-0.05, 0) is 32.9 Å². The van der Waals surface area contributed by atoms with Gasteiger partial charge in [-0.1, -0.05) is 13.3 Å². The Morgan fingerprint density at radius 1 is 1.25 bits per heavy atom. The van der Waals surface area contributed by atoms with E-state index in [4.69, 9.17) is 4.74 Å². The van der Waals surface area contributed by atoms with Crippen LogP contribution in [0.5, 0.6) is 0 Å². The molecule has 1 aliphatic rings. The van der Waals surface area contributed by atoms with Crippen LogP contribution < -0.4 is 10.6 Å². The van der Waals surface area contributed by atoms with Crippen LogP contribution in [-0.4, -0.2) is 88.9 Å². The molecule has 144 valence electrons. The first kappa shape index (κ1) is 23.9. The predicted octanol–water partition coefficient (Wildman–Crippen LogP) is 1.61. The number of likely N-dealkylation sites (tertiary alicyclic amines) is 1. The van der Waals surface area contributed by atoms with Crippen molar-refractivity contribution in [3.63, 3.8) is 0 Å². The summed E-state index contributed by atoms with van der Waals surface area (Å²) in [6, 6.07) is 0.773. The monoisotopic (exact) mass is 455 g/mol. The van der Waals surface area contributed by atoms with Crippen LogP contribution in [0, 0.1) is 0 Å². The molecule has 1 aliphatic heterocycles. The van der Waals surface area contributed by atoms with E-state index >= 15 is 0 Å². The Kier molecular flexibility index (Phi) is 15.1. The van der Waals surface area contributed by atoms with Gasteiger partial charge in [-0.25, -0.2) is 0 Å². The lowest BCUT2D eigenvalue weighted by atomic mass is 10.0. The molecule has 1 fully saturated rings. The molecule has 1 unspecified atom stereocenters. The highest BCUT2D eigenvalue weighted by atomic mass is 127. The van der Waals surface area contributed by atoms with Gasteiger partial charge >= 0.3 is 0 Å². The van der Waals surface area contributed by atoms with E-state index in [2.05, 4.69) is 39.4 Å². The maximum absolute atomic E-state index is 5.09. The number of ether oxygens (including phenoxy) is 1. The number of aliphatic imine (C=N–C) groups is 1. The predicted molar refractivity (Wildman–Crippen MR) is 114 cm³/mol. The van der Waals surface area contributed by atoms with Gasteiger partial charge in [0.25, 0.3) is 0 Å². The van der Waals surface area contributed by atoms with Crippen LogP contribution in [0.3, 0.4) is 0 Å². The van der Waals surface area contributed by atoms with Crippen LogP contribution in [0.15, 0.2) is 4.99 Å². The van der Waals surface area contributed by atoms with Gasteiger partial charge in [-0.3, -0.25) is 9.89 Å². The van der Waals surface area contributed by atoms with Gasteiger partial charge < -0.3 is 20.3 Å². The number of piperidine rings is 1. The number of nitrogens with zero attached hydrogens (tertiary/aromatic N) is 3. The standard InChI is InChI=1S/C17H37N5O.HI/c1-5-16-8-6-7-11-22(16)13-10-20-17(18-2)19-9-12-21(3)14-15-23-4;/h16H,5-15H2,1-4H3,(H2,18,19,20);1H. The SMILES string of the molecule is CCC1CCCCN1CCNC(=NC)NCCN(C)CCOC.I. The van der Waals surface area contributed by atoms with Crippen LogP contribution in [0.1, 0.15) is 32.6 Å². The minimum absolute atomic E-state index is 0. The van der Waals surface area contributed by atoms with Crippen LogP contribution in [0.4, 0.5) is 0 Å². The summed E-state index contributed by atoms with van der Waals surface area (Å²) in [5.41, 5.74) is 0. The summed E-state index contributed by atoms with van der Waals surface area (Å²) < 4.78 is 5.09. The smallest absolute Gasteiger partial charge is 0.191 e. The third-order valence-corrected chi connectivity index (χ3v) is 4.60. The van der Waals surface area contributed by atoms with Gasteiger partial charge in [0.1, 0.15) is 0 Å². The van der Waals surface area contributed by atoms with E-state index in [1.165, 1.54) is 32.2 Å². The number of likely N-dealkylation sites (N-methyl/N-ethyl adjacent to an activating group) is 1. The Labute approximate surface area is 165 Å². The summed E-state index contributed by atoms with van der Waals surface area (Å²) in [7, 11) is 5.68. The van der Waals surface area contributed by atoms with E-state index in [1.807, 2.05) is 7.05 Å². The molecule has 0 aromatic rings. The lowest BCUT2D eigenvalue weighted by Gasteiger charge is -2.35. The van der Waals surface area contributed by atoms with E-state index in [9.17, 15) is 0 Å². The summed E-state index contributed by atoms with van der Waals surface area (Å²) in [6.45, 7) is 9.21. The number of halogens is 1. The van der Waals surface area contributed by atoms with Crippen LogP contribution in [-0.2, 0) is 4.74 Å². The maximum Gasteiger partial charge on any atom is 0.191 e. The molecule has 7 heteroatoms. The van der Waals surface area contributed by atoms with Crippen molar-refractivity contribution in [2.45, 2.75) is 38.6 Å². The van der Waals surface area contributed by atoms with E-state index in [0.717, 1.165) is 51.3 Å². The topological polar surface area (TPSA) is 52.1 Å². The second-order valence-electron chi connectivity index (χ2n) is 6.32. The molecule has 0 amide bonds. The van der Waals surface area contributed by atoms with E-state index < -0.39 is 0 Å². The van der Waals surface area contributed by atoms with Gasteiger partial charge in [0.05, 0.1) is 6.61 Å². The van der Waals surface area contributed by atoms with Gasteiger partial charge in [-0.15, -0.1) is 24.0 Å². The molecule has 0 aromatic heterocycles. The molecule has 0 spiro atoms. The summed E-state index contributed by atoms with van der Waals surface area (Å²) in [4.78, 5) is 9.18. The number of hydrogen-bond donors (Lipinski definition) is 2. The van der Waals surface area contributed by atoms with Gasteiger partial charge in [0.15, 0.2) is 5.96 Å². The Bertz CT molecular complexity index is 330. The van der Waals surface area contributed by atoms with Crippen molar-refractivity contribution < 1.29 is 4.74 Å². The fourth-order valence-corrected chi connectivity index (χ4v) is 3.08. The van der Waals surface area contributed by atoms with Crippen molar-refractivity contribution in [3.05, 3.63) is 0 Å². The summed E-state index contributed by atoms with van der Waals surface area (Å²) >= 11 is 0. The van der Waals surface area contributed by atoms with Crippen molar-refractivity contribution in [1.29, 1.82) is 0 Å². The molecule has 1 saturated heterocycles. The second kappa shape index (κ2) is 15.2. The van der Waals surface area contributed by atoms with Crippen molar-refractivity contribution in [2.75, 3.05) is 67.1 Å². The Hall–Kier alpha value is -0.120. The quantitative estimate of drug-likeness (QED) is 0.298. The molecule has 0 aliphatic carbocycles. The summed E-state index contributed by atoms with van der Waals surface area (Å²) in [5, 5.41) is 6.81. The Morgan fingerprint density at radius 3 is 2.67 bits per heavy atom. The summed E-state index contributed by atoms with van der Waals surface area (Å²) in [5.74, 6) is 0.898. The zero-order chi connectivity index (χ0) is 16.9. The lowest BCUT2D eigenvalue weighted by molar-refractivity contribution is 0.147. The fraction of sp³-hybridized carbons (Fsp3) is 0.941. The zero-order valence-electron chi connectivity index (χ0n) is 16.0. The van der Waals surface area contributed by atoms with Crippen molar-refractivity contribution in [1.82, 2.24) is 20.4 Å². The van der Waals surface area contributed by atoms with Crippen molar-refractivity contribution in [2.24, 2.45) is 4.99 Å². The molecule has 1 rings (SSSR count). The highest BCUT2D eigenvalue weighted by molar-refractivity contribution is 14.0. The Morgan fingerprint density at radius 2 is 2.00 bits per heavy atom. The molecule has 24 heavy (non-hydrogen) atoms. The van der Waals surface area contributed by atoms with Gasteiger partial charge in [0, 0.05) is 52.9 Å². The molecular formula is C17H38IN5O. The van der Waals surface area contributed by atoms with E-state index in [1.54, 1.807) is 7.11 Å². The number of guanidine groups is 1. The van der Waals surface area contributed by atoms with E-state index in [-0.39, 0.29) is 24.0 Å². The normalized spacial score (nSPS) is 19.2. The molecule has 2 N–H and O–H groups in total. The molecule has 0 aromatic carbocycles. The van der Waals surface area contributed by atoms with Crippen molar-refractivity contribution in [3.8, 4) is 0 Å². The zero-order valence-corrected chi connectivity index (χ0v) is 18.3. The summed E-state index contributed by atoms with van der Waals surface area (Å²) in [6.07, 6.45) is 5.36. The highest BCUT2D eigenvalue weighted by Crippen LogP contribution is 2.18. The van der Waals surface area contributed by atoms with Crippen LogP contribution >= 0.6 is 24.0 Å². The highest BCUT2D eigenvalue weighted by Gasteiger charge is 2.19. The molecular weight excluding hydrogens is 417 g/mol. The molecule has 0 saturated carbocycles. The van der Waals surface area contributed by atoms with Crippen molar-refractivity contribution >= 4 is 29.9 Å². The number of nitrogens with one attached hydrogen (secondary N) is 2. The van der Waals surface area contributed by atoms with E-state index in [0.29, 0.717) is 0 Å². The maximum atomic E-state index is 5.09. The average Bonchev–Trinajstić information content (AvgIpc) is 2.58. The molecule has 0 radical (unpaired) electrons. The third-order valence-electron chi connectivity index (χ3n) is 4.60. The number of hydrogen-bond acceptors (Lipinski definition) is 4. The number of methoxy groups -OCH3 is 1. The third kappa shape index (κ3) is 10.0. The Balaban J connectivity index is 0.00000529. The largest absolute Gasteiger partial charge is 0.383 e. The van der Waals surface area contributed by atoms with Gasteiger partial charge in [0.2, 0.25) is 0 Å². The average molecular weight is 455 g/mol. The molecule has 1 heterocycles. The molecule has 6 nitrogen and oxygen atoms in total. The fourth-order valence-electron chi connectivity index (χ4n) is 3.08. The lowest BCUT2D eigenvalue weighted by Crippen LogP contribution is -2.46.